The van der Waals surface area contributed by atoms with Crippen LogP contribution in [0.2, 0.25) is 15.1 Å². The Kier molecular flexibility index (Phi) is 5.98. The molecule has 2 aromatic carbocycles. The Hall–Kier alpha value is -2.28. The van der Waals surface area contributed by atoms with Crippen molar-refractivity contribution < 1.29 is 9.47 Å². The first-order valence-electron chi connectivity index (χ1n) is 7.40. The molecule has 0 unspecified atom stereocenters. The topological polar surface area (TPSA) is 61.5 Å². The molecule has 0 saturated carbocycles. The van der Waals surface area contributed by atoms with Crippen molar-refractivity contribution in [1.82, 2.24) is 14.9 Å². The van der Waals surface area contributed by atoms with Crippen molar-refractivity contribution in [3.8, 4) is 11.5 Å². The third-order valence-electron chi connectivity index (χ3n) is 3.39. The fraction of sp³-hybridized carbons (Fsp3) is 0.118. The van der Waals surface area contributed by atoms with Crippen LogP contribution in [0.3, 0.4) is 0 Å². The van der Waals surface area contributed by atoms with Crippen molar-refractivity contribution in [3.05, 3.63) is 69.2 Å². The van der Waals surface area contributed by atoms with Gasteiger partial charge in [0.05, 0.1) is 18.3 Å². The molecule has 9 heteroatoms. The van der Waals surface area contributed by atoms with E-state index in [2.05, 4.69) is 15.3 Å². The highest BCUT2D eigenvalue weighted by Crippen LogP contribution is 2.37. The predicted octanol–water partition coefficient (Wildman–Crippen LogP) is 4.71. The fourth-order valence-electron chi connectivity index (χ4n) is 2.13. The number of methoxy groups -OCH3 is 1. The second-order valence-corrected chi connectivity index (χ2v) is 6.40. The second kappa shape index (κ2) is 8.40. The van der Waals surface area contributed by atoms with Gasteiger partial charge in [-0.25, -0.2) is 4.68 Å². The molecule has 3 rings (SSSR count). The van der Waals surface area contributed by atoms with Gasteiger partial charge in [0.15, 0.2) is 11.5 Å². The van der Waals surface area contributed by atoms with E-state index in [9.17, 15) is 0 Å². The predicted molar refractivity (Wildman–Crippen MR) is 102 cm³/mol. The molecule has 26 heavy (non-hydrogen) atoms. The maximum Gasteiger partial charge on any atom is 0.180 e. The van der Waals surface area contributed by atoms with Crippen LogP contribution < -0.4 is 9.47 Å². The van der Waals surface area contributed by atoms with Gasteiger partial charge in [-0.3, -0.25) is 0 Å². The third-order valence-corrected chi connectivity index (χ3v) is 4.25. The largest absolute Gasteiger partial charge is 0.493 e. The van der Waals surface area contributed by atoms with Crippen molar-refractivity contribution in [1.29, 1.82) is 0 Å². The lowest BCUT2D eigenvalue weighted by atomic mass is 10.2. The Balaban J connectivity index is 1.80. The van der Waals surface area contributed by atoms with Gasteiger partial charge in [0.2, 0.25) is 0 Å². The van der Waals surface area contributed by atoms with E-state index >= 15 is 0 Å². The molecule has 0 atom stereocenters. The Morgan fingerprint density at radius 3 is 2.54 bits per heavy atom. The van der Waals surface area contributed by atoms with Crippen molar-refractivity contribution in [2.24, 2.45) is 5.10 Å². The molecule has 3 aromatic rings. The lowest BCUT2D eigenvalue weighted by Gasteiger charge is -2.14. The molecule has 1 heterocycles. The van der Waals surface area contributed by atoms with Crippen LogP contribution in [0.1, 0.15) is 11.1 Å². The Labute approximate surface area is 164 Å². The Morgan fingerprint density at radius 1 is 1.08 bits per heavy atom. The molecule has 0 bridgehead atoms. The maximum atomic E-state index is 6.35. The minimum absolute atomic E-state index is 0.222. The van der Waals surface area contributed by atoms with Crippen LogP contribution in [0.15, 0.2) is 48.1 Å². The molecule has 0 N–H and O–H groups in total. The highest BCUT2D eigenvalue weighted by molar-refractivity contribution is 6.35. The maximum absolute atomic E-state index is 6.35. The number of ether oxygens (including phenoxy) is 2. The normalized spacial score (nSPS) is 11.1. The molecule has 134 valence electrons. The van der Waals surface area contributed by atoms with Gasteiger partial charge in [-0.1, -0.05) is 40.9 Å². The smallest absolute Gasteiger partial charge is 0.180 e. The molecule has 0 aliphatic rings. The Bertz CT molecular complexity index is 930. The first-order valence-corrected chi connectivity index (χ1v) is 8.53. The van der Waals surface area contributed by atoms with Gasteiger partial charge < -0.3 is 9.47 Å². The summed E-state index contributed by atoms with van der Waals surface area (Å²) >= 11 is 18.4. The average molecular weight is 412 g/mol. The molecule has 0 spiro atoms. The molecule has 0 amide bonds. The highest BCUT2D eigenvalue weighted by Gasteiger charge is 2.13. The van der Waals surface area contributed by atoms with Gasteiger partial charge in [0.1, 0.15) is 19.3 Å². The SMILES string of the molecule is COc1cc(/C=N\n2cnnc2)cc(Cl)c1OCc1ccc(Cl)cc1Cl. The van der Waals surface area contributed by atoms with E-state index in [1.807, 2.05) is 0 Å². The van der Waals surface area contributed by atoms with Crippen LogP contribution in [0.4, 0.5) is 0 Å². The fourth-order valence-corrected chi connectivity index (χ4v) is 2.87. The number of nitrogens with zero attached hydrogens (tertiary/aromatic N) is 4. The number of rotatable bonds is 6. The summed E-state index contributed by atoms with van der Waals surface area (Å²) < 4.78 is 12.7. The monoisotopic (exact) mass is 410 g/mol. The van der Waals surface area contributed by atoms with Gasteiger partial charge in [-0.15, -0.1) is 10.2 Å². The highest BCUT2D eigenvalue weighted by atomic mass is 35.5. The van der Waals surface area contributed by atoms with Crippen LogP contribution in [-0.2, 0) is 6.61 Å². The number of aromatic nitrogens is 3. The zero-order chi connectivity index (χ0) is 18.5. The van der Waals surface area contributed by atoms with E-state index < -0.39 is 0 Å². The van der Waals surface area contributed by atoms with Crippen LogP contribution in [0.25, 0.3) is 0 Å². The zero-order valence-electron chi connectivity index (χ0n) is 13.6. The number of halogens is 3. The zero-order valence-corrected chi connectivity index (χ0v) is 15.8. The van der Waals surface area contributed by atoms with Gasteiger partial charge in [-0.2, -0.15) is 5.10 Å². The number of hydrogen-bond donors (Lipinski definition) is 0. The second-order valence-electron chi connectivity index (χ2n) is 5.14. The van der Waals surface area contributed by atoms with Crippen LogP contribution >= 0.6 is 34.8 Å². The van der Waals surface area contributed by atoms with E-state index in [1.165, 1.54) is 24.4 Å². The molecule has 0 aliphatic carbocycles. The summed E-state index contributed by atoms with van der Waals surface area (Å²) in [5, 5.41) is 13.0. The van der Waals surface area contributed by atoms with E-state index in [4.69, 9.17) is 44.3 Å². The van der Waals surface area contributed by atoms with Gasteiger partial charge >= 0.3 is 0 Å². The summed E-state index contributed by atoms with van der Waals surface area (Å²) in [4.78, 5) is 0. The minimum atomic E-state index is 0.222. The van der Waals surface area contributed by atoms with Gasteiger partial charge in [0.25, 0.3) is 0 Å². The molecule has 0 fully saturated rings. The van der Waals surface area contributed by atoms with Crippen LogP contribution in [-0.4, -0.2) is 28.2 Å². The van der Waals surface area contributed by atoms with E-state index in [0.29, 0.717) is 26.6 Å². The molecule has 1 aromatic heterocycles. The summed E-state index contributed by atoms with van der Waals surface area (Å²) in [5.41, 5.74) is 1.52. The lowest BCUT2D eigenvalue weighted by molar-refractivity contribution is 0.285. The summed E-state index contributed by atoms with van der Waals surface area (Å²) in [7, 11) is 1.54. The molecule has 0 saturated heterocycles. The summed E-state index contributed by atoms with van der Waals surface area (Å²) in [5.74, 6) is 0.898. The van der Waals surface area contributed by atoms with Crippen molar-refractivity contribution >= 4 is 41.0 Å². The van der Waals surface area contributed by atoms with Gasteiger partial charge in [-0.05, 0) is 29.8 Å². The standard InChI is InChI=1S/C17H13Cl3N4O2/c1-25-16-5-11(7-23-24-9-21-22-10-24)4-15(20)17(16)26-8-12-2-3-13(18)6-14(12)19/h2-7,9-10H,8H2,1H3/b23-7-. The average Bonchev–Trinajstić information content (AvgIpc) is 3.13. The van der Waals surface area contributed by atoms with E-state index in [1.54, 1.807) is 36.5 Å². The lowest BCUT2D eigenvalue weighted by Crippen LogP contribution is -2.00. The number of benzene rings is 2. The first kappa shape index (κ1) is 18.5. The number of hydrogen-bond acceptors (Lipinski definition) is 5. The quantitative estimate of drug-likeness (QED) is 0.551. The minimum Gasteiger partial charge on any atom is -0.493 e. The van der Waals surface area contributed by atoms with Crippen molar-refractivity contribution in [2.75, 3.05) is 7.11 Å². The van der Waals surface area contributed by atoms with Gasteiger partial charge in [0, 0.05) is 15.6 Å². The third kappa shape index (κ3) is 4.46. The van der Waals surface area contributed by atoms with Crippen molar-refractivity contribution in [2.45, 2.75) is 6.61 Å². The molecule has 0 radical (unpaired) electrons. The van der Waals surface area contributed by atoms with Crippen LogP contribution in [0, 0.1) is 0 Å². The summed E-state index contributed by atoms with van der Waals surface area (Å²) in [6.45, 7) is 0.222. The van der Waals surface area contributed by atoms with E-state index in [-0.39, 0.29) is 6.61 Å². The van der Waals surface area contributed by atoms with Crippen molar-refractivity contribution in [3.63, 3.8) is 0 Å². The molecular formula is C17H13Cl3N4O2. The van der Waals surface area contributed by atoms with Crippen LogP contribution in [0.5, 0.6) is 11.5 Å². The van der Waals surface area contributed by atoms with E-state index in [0.717, 1.165) is 11.1 Å². The summed E-state index contributed by atoms with van der Waals surface area (Å²) in [6.07, 6.45) is 4.56. The first-order chi connectivity index (χ1) is 12.6. The molecule has 0 aliphatic heterocycles. The molecule has 6 nitrogen and oxygen atoms in total. The summed E-state index contributed by atoms with van der Waals surface area (Å²) in [6, 6.07) is 8.68. The Morgan fingerprint density at radius 2 is 1.85 bits per heavy atom. The molecular weight excluding hydrogens is 399 g/mol.